The van der Waals surface area contributed by atoms with Crippen molar-refractivity contribution in [2.24, 2.45) is 0 Å². The molecule has 1 fully saturated rings. The summed E-state index contributed by atoms with van der Waals surface area (Å²) < 4.78 is 47.1. The highest BCUT2D eigenvalue weighted by Crippen LogP contribution is 2.41. The van der Waals surface area contributed by atoms with Gasteiger partial charge in [0.25, 0.3) is 0 Å². The van der Waals surface area contributed by atoms with Crippen LogP contribution in [0, 0.1) is 0 Å². The average molecular weight is 366 g/mol. The van der Waals surface area contributed by atoms with E-state index < -0.39 is 18.1 Å². The molecule has 26 heavy (non-hydrogen) atoms. The number of ether oxygens (including phenoxy) is 1. The van der Waals surface area contributed by atoms with Gasteiger partial charge in [-0.05, 0) is 29.5 Å². The van der Waals surface area contributed by atoms with E-state index in [0.717, 1.165) is 23.2 Å². The number of unbranched alkanes of at least 4 members (excludes halogenated alkanes) is 1. The quantitative estimate of drug-likeness (QED) is 0.773. The Bertz CT molecular complexity index is 792. The second-order valence-electron chi connectivity index (χ2n) is 6.36. The molecule has 1 heterocycles. The molecular weight excluding hydrogens is 345 g/mol. The number of nitrogens with zero attached hydrogens (tertiary/aromatic N) is 1. The summed E-state index contributed by atoms with van der Waals surface area (Å²) in [7, 11) is 0. The standard InChI is InChI=1S/C19H21F3N2O2/c1-2-3-10-26-16-12-14(11-13-6-4-5-7-15(13)16)18(19(20,21)22)24-9-8-17(25)23-24/h4-7,11-12,18H,2-3,8-10H2,1H3,(H,23,25). The number of hydrogen-bond donors (Lipinski definition) is 1. The maximum atomic E-state index is 13.8. The van der Waals surface area contributed by atoms with Crippen molar-refractivity contribution in [2.45, 2.75) is 38.4 Å². The van der Waals surface area contributed by atoms with Crippen LogP contribution >= 0.6 is 0 Å². The van der Waals surface area contributed by atoms with E-state index in [1.165, 1.54) is 12.1 Å². The topological polar surface area (TPSA) is 41.6 Å². The lowest BCUT2D eigenvalue weighted by molar-refractivity contribution is -0.191. The summed E-state index contributed by atoms with van der Waals surface area (Å²) in [4.78, 5) is 11.4. The maximum absolute atomic E-state index is 13.8. The zero-order valence-electron chi connectivity index (χ0n) is 14.5. The van der Waals surface area contributed by atoms with Gasteiger partial charge in [-0.25, -0.2) is 5.01 Å². The molecule has 1 amide bonds. The van der Waals surface area contributed by atoms with Crippen LogP contribution in [0.5, 0.6) is 5.75 Å². The van der Waals surface area contributed by atoms with Crippen molar-refractivity contribution in [1.82, 2.24) is 10.4 Å². The fourth-order valence-electron chi connectivity index (χ4n) is 3.13. The Morgan fingerprint density at radius 1 is 1.27 bits per heavy atom. The number of nitrogens with one attached hydrogen (secondary N) is 1. The first kappa shape index (κ1) is 18.5. The number of fused-ring (bicyclic) bond motifs is 1. The lowest BCUT2D eigenvalue weighted by Gasteiger charge is -2.29. The molecule has 140 valence electrons. The van der Waals surface area contributed by atoms with Gasteiger partial charge in [-0.2, -0.15) is 13.2 Å². The molecule has 1 unspecified atom stereocenters. The molecule has 2 aromatic rings. The van der Waals surface area contributed by atoms with Crippen LogP contribution in [-0.4, -0.2) is 30.2 Å². The van der Waals surface area contributed by atoms with Crippen LogP contribution in [0.1, 0.15) is 37.8 Å². The number of rotatable bonds is 6. The Balaban J connectivity index is 2.04. The number of carbonyl (C=O) groups excluding carboxylic acids is 1. The van der Waals surface area contributed by atoms with E-state index in [9.17, 15) is 18.0 Å². The molecule has 1 aliphatic rings. The molecule has 0 bridgehead atoms. The van der Waals surface area contributed by atoms with Gasteiger partial charge in [-0.3, -0.25) is 10.2 Å². The largest absolute Gasteiger partial charge is 0.493 e. The van der Waals surface area contributed by atoms with Crippen molar-refractivity contribution < 1.29 is 22.7 Å². The van der Waals surface area contributed by atoms with Crippen molar-refractivity contribution >= 4 is 16.7 Å². The van der Waals surface area contributed by atoms with Gasteiger partial charge in [0.1, 0.15) is 11.8 Å². The lowest BCUT2D eigenvalue weighted by Crippen LogP contribution is -2.43. The number of hydrogen-bond acceptors (Lipinski definition) is 3. The van der Waals surface area contributed by atoms with Crippen LogP contribution in [0.4, 0.5) is 13.2 Å². The van der Waals surface area contributed by atoms with E-state index in [2.05, 4.69) is 5.43 Å². The Morgan fingerprint density at radius 2 is 2.04 bits per heavy atom. The summed E-state index contributed by atoms with van der Waals surface area (Å²) in [5.74, 6) is 0.0331. The van der Waals surface area contributed by atoms with Gasteiger partial charge in [0.05, 0.1) is 6.61 Å². The first-order valence-electron chi connectivity index (χ1n) is 8.68. The smallest absolute Gasteiger partial charge is 0.409 e. The van der Waals surface area contributed by atoms with E-state index in [-0.39, 0.29) is 18.5 Å². The summed E-state index contributed by atoms with van der Waals surface area (Å²) in [6.07, 6.45) is -2.72. The summed E-state index contributed by atoms with van der Waals surface area (Å²) in [6, 6.07) is 8.26. The van der Waals surface area contributed by atoms with Crippen molar-refractivity contribution in [3.8, 4) is 5.75 Å². The highest BCUT2D eigenvalue weighted by Gasteiger charge is 2.47. The highest BCUT2D eigenvalue weighted by molar-refractivity contribution is 5.89. The maximum Gasteiger partial charge on any atom is 0.409 e. The Kier molecular flexibility index (Phi) is 5.36. The molecule has 1 aliphatic heterocycles. The highest BCUT2D eigenvalue weighted by atomic mass is 19.4. The summed E-state index contributed by atoms with van der Waals surface area (Å²) in [5.41, 5.74) is 2.37. The molecule has 3 rings (SSSR count). The molecule has 1 atom stereocenters. The van der Waals surface area contributed by atoms with Gasteiger partial charge in [-0.15, -0.1) is 0 Å². The molecule has 0 spiro atoms. The minimum absolute atomic E-state index is 0.0157. The minimum Gasteiger partial charge on any atom is -0.493 e. The van der Waals surface area contributed by atoms with E-state index in [4.69, 9.17) is 4.74 Å². The van der Waals surface area contributed by atoms with E-state index in [1.54, 1.807) is 12.1 Å². The van der Waals surface area contributed by atoms with Gasteiger partial charge in [0.2, 0.25) is 5.91 Å². The predicted molar refractivity (Wildman–Crippen MR) is 92.6 cm³/mol. The van der Waals surface area contributed by atoms with Crippen LogP contribution in [0.25, 0.3) is 10.8 Å². The number of benzene rings is 2. The van der Waals surface area contributed by atoms with Crippen molar-refractivity contribution in [3.05, 3.63) is 42.0 Å². The predicted octanol–water partition coefficient (Wildman–Crippen LogP) is 4.36. The molecule has 7 heteroatoms. The molecular formula is C19H21F3N2O2. The van der Waals surface area contributed by atoms with Crippen molar-refractivity contribution in [3.63, 3.8) is 0 Å². The molecule has 0 aliphatic carbocycles. The number of halogens is 3. The minimum atomic E-state index is -4.53. The fraction of sp³-hybridized carbons (Fsp3) is 0.421. The molecule has 1 saturated heterocycles. The molecule has 4 nitrogen and oxygen atoms in total. The van der Waals surface area contributed by atoms with Gasteiger partial charge in [0, 0.05) is 18.4 Å². The zero-order valence-corrected chi connectivity index (χ0v) is 14.5. The summed E-state index contributed by atoms with van der Waals surface area (Å²) in [5, 5.41) is 2.41. The molecule has 0 radical (unpaired) electrons. The second-order valence-corrected chi connectivity index (χ2v) is 6.36. The normalized spacial score (nSPS) is 16.7. The first-order valence-corrected chi connectivity index (χ1v) is 8.68. The van der Waals surface area contributed by atoms with Gasteiger partial charge < -0.3 is 4.74 Å². The Morgan fingerprint density at radius 3 is 2.69 bits per heavy atom. The van der Waals surface area contributed by atoms with Gasteiger partial charge >= 0.3 is 6.18 Å². The van der Waals surface area contributed by atoms with Gasteiger partial charge in [-0.1, -0.05) is 37.6 Å². The number of carbonyl (C=O) groups is 1. The van der Waals surface area contributed by atoms with Crippen molar-refractivity contribution in [1.29, 1.82) is 0 Å². The average Bonchev–Trinajstić information content (AvgIpc) is 2.99. The third-order valence-electron chi connectivity index (χ3n) is 4.39. The Labute approximate surface area is 149 Å². The summed E-state index contributed by atoms with van der Waals surface area (Å²) >= 11 is 0. The van der Waals surface area contributed by atoms with Crippen LogP contribution in [0.2, 0.25) is 0 Å². The molecule has 0 aromatic heterocycles. The second kappa shape index (κ2) is 7.53. The van der Waals surface area contributed by atoms with Crippen molar-refractivity contribution in [2.75, 3.05) is 13.2 Å². The first-order chi connectivity index (χ1) is 12.4. The van der Waals surface area contributed by atoms with Crippen LogP contribution in [-0.2, 0) is 4.79 Å². The number of alkyl halides is 3. The summed E-state index contributed by atoms with van der Waals surface area (Å²) in [6.45, 7) is 2.48. The number of amides is 1. The van der Waals surface area contributed by atoms with Crippen LogP contribution in [0.3, 0.4) is 0 Å². The number of hydrazine groups is 1. The molecule has 1 N–H and O–H groups in total. The molecule has 2 aromatic carbocycles. The van der Waals surface area contributed by atoms with Gasteiger partial charge in [0.15, 0.2) is 0 Å². The van der Waals surface area contributed by atoms with E-state index >= 15 is 0 Å². The van der Waals surface area contributed by atoms with Crippen LogP contribution < -0.4 is 10.2 Å². The van der Waals surface area contributed by atoms with E-state index in [0.29, 0.717) is 17.7 Å². The SMILES string of the molecule is CCCCOc1cc(C(N2CCC(=O)N2)C(F)(F)F)cc2ccccc12. The zero-order chi connectivity index (χ0) is 18.7. The molecule has 0 saturated carbocycles. The Hall–Kier alpha value is -2.28. The van der Waals surface area contributed by atoms with E-state index in [1.807, 2.05) is 19.1 Å². The fourth-order valence-corrected chi connectivity index (χ4v) is 3.13. The lowest BCUT2D eigenvalue weighted by atomic mass is 10.00. The third-order valence-corrected chi connectivity index (χ3v) is 4.39. The third kappa shape index (κ3) is 3.93. The van der Waals surface area contributed by atoms with Crippen LogP contribution in [0.15, 0.2) is 36.4 Å². The monoisotopic (exact) mass is 366 g/mol.